The fourth-order valence-electron chi connectivity index (χ4n) is 1.54. The van der Waals surface area contributed by atoms with Crippen LogP contribution in [0.2, 0.25) is 0 Å². The summed E-state index contributed by atoms with van der Waals surface area (Å²) in [6.07, 6.45) is 0. The molecule has 82 valence electrons. The number of rotatable bonds is 2. The van der Waals surface area contributed by atoms with E-state index in [-0.39, 0.29) is 17.9 Å². The van der Waals surface area contributed by atoms with Gasteiger partial charge in [-0.25, -0.2) is 0 Å². The summed E-state index contributed by atoms with van der Waals surface area (Å²) in [5.41, 5.74) is 5.74. The lowest BCUT2D eigenvalue weighted by atomic mass is 10.0. The van der Waals surface area contributed by atoms with Crippen LogP contribution < -0.4 is 5.73 Å². The van der Waals surface area contributed by atoms with E-state index < -0.39 is 0 Å². The Morgan fingerprint density at radius 1 is 1.57 bits per heavy atom. The highest BCUT2D eigenvalue weighted by molar-refractivity contribution is 7.99. The second kappa shape index (κ2) is 5.03. The molecule has 0 bridgehead atoms. The molecule has 4 heteroatoms. The highest BCUT2D eigenvalue weighted by Gasteiger charge is 2.28. The summed E-state index contributed by atoms with van der Waals surface area (Å²) in [5, 5.41) is 0. The average molecular weight is 216 g/mol. The fourth-order valence-corrected chi connectivity index (χ4v) is 2.55. The van der Waals surface area contributed by atoms with Gasteiger partial charge in [-0.1, -0.05) is 6.92 Å². The van der Waals surface area contributed by atoms with Gasteiger partial charge in [0.1, 0.15) is 0 Å². The van der Waals surface area contributed by atoms with Crippen molar-refractivity contribution in [2.24, 2.45) is 11.7 Å². The third-order valence-electron chi connectivity index (χ3n) is 2.83. The van der Waals surface area contributed by atoms with Crippen molar-refractivity contribution in [2.75, 3.05) is 18.1 Å². The van der Waals surface area contributed by atoms with Gasteiger partial charge in [-0.2, -0.15) is 11.8 Å². The standard InChI is InChI=1S/C10H20N2OS/c1-7-6-14-5-4-12(7)10(13)8(2)9(3)11/h7-9H,4-6,11H2,1-3H3. The van der Waals surface area contributed by atoms with E-state index in [4.69, 9.17) is 5.73 Å². The van der Waals surface area contributed by atoms with Gasteiger partial charge in [0.05, 0.1) is 5.92 Å². The average Bonchev–Trinajstić information content (AvgIpc) is 2.16. The van der Waals surface area contributed by atoms with Crippen LogP contribution >= 0.6 is 11.8 Å². The van der Waals surface area contributed by atoms with Crippen LogP contribution in [0.5, 0.6) is 0 Å². The van der Waals surface area contributed by atoms with Gasteiger partial charge in [0.25, 0.3) is 0 Å². The molecular formula is C10H20N2OS. The molecule has 1 saturated heterocycles. The zero-order valence-electron chi connectivity index (χ0n) is 9.19. The normalized spacial score (nSPS) is 27.1. The van der Waals surface area contributed by atoms with E-state index in [1.54, 1.807) is 0 Å². The number of thioether (sulfide) groups is 1. The van der Waals surface area contributed by atoms with Crippen molar-refractivity contribution >= 4 is 17.7 Å². The third kappa shape index (κ3) is 2.64. The predicted molar refractivity (Wildman–Crippen MR) is 61.3 cm³/mol. The van der Waals surface area contributed by atoms with Crippen LogP contribution in [-0.2, 0) is 4.79 Å². The molecule has 0 spiro atoms. The van der Waals surface area contributed by atoms with Crippen molar-refractivity contribution < 1.29 is 4.79 Å². The molecular weight excluding hydrogens is 196 g/mol. The molecule has 0 aliphatic carbocycles. The van der Waals surface area contributed by atoms with Gasteiger partial charge in [0.15, 0.2) is 0 Å². The van der Waals surface area contributed by atoms with Gasteiger partial charge >= 0.3 is 0 Å². The molecule has 3 atom stereocenters. The van der Waals surface area contributed by atoms with Crippen LogP contribution in [0.25, 0.3) is 0 Å². The molecule has 14 heavy (non-hydrogen) atoms. The second-order valence-electron chi connectivity index (χ2n) is 4.10. The predicted octanol–water partition coefficient (Wildman–Crippen LogP) is 0.934. The van der Waals surface area contributed by atoms with Crippen LogP contribution in [-0.4, -0.2) is 40.9 Å². The Labute approximate surface area is 90.4 Å². The summed E-state index contributed by atoms with van der Waals surface area (Å²) < 4.78 is 0. The first-order valence-electron chi connectivity index (χ1n) is 5.18. The largest absolute Gasteiger partial charge is 0.338 e. The molecule has 0 aromatic heterocycles. The molecule has 1 aliphatic heterocycles. The van der Waals surface area contributed by atoms with Gasteiger partial charge in [0, 0.05) is 30.1 Å². The van der Waals surface area contributed by atoms with E-state index in [2.05, 4.69) is 6.92 Å². The maximum absolute atomic E-state index is 12.0. The van der Waals surface area contributed by atoms with Crippen LogP contribution in [0.4, 0.5) is 0 Å². The Morgan fingerprint density at radius 3 is 2.71 bits per heavy atom. The molecule has 1 fully saturated rings. The molecule has 1 amide bonds. The van der Waals surface area contributed by atoms with Gasteiger partial charge in [-0.3, -0.25) is 4.79 Å². The number of nitrogens with two attached hydrogens (primary N) is 1. The lowest BCUT2D eigenvalue weighted by Gasteiger charge is -2.35. The first-order valence-corrected chi connectivity index (χ1v) is 6.33. The van der Waals surface area contributed by atoms with E-state index in [9.17, 15) is 4.79 Å². The number of amides is 1. The number of nitrogens with zero attached hydrogens (tertiary/aromatic N) is 1. The maximum Gasteiger partial charge on any atom is 0.227 e. The lowest BCUT2D eigenvalue weighted by molar-refractivity contribution is -0.137. The van der Waals surface area contributed by atoms with Crippen LogP contribution in [0.1, 0.15) is 20.8 Å². The Balaban J connectivity index is 2.58. The summed E-state index contributed by atoms with van der Waals surface area (Å²) in [7, 11) is 0. The minimum atomic E-state index is -0.0550. The highest BCUT2D eigenvalue weighted by atomic mass is 32.2. The molecule has 0 radical (unpaired) electrons. The Hall–Kier alpha value is -0.220. The molecule has 3 nitrogen and oxygen atoms in total. The summed E-state index contributed by atoms with van der Waals surface area (Å²) in [4.78, 5) is 14.0. The van der Waals surface area contributed by atoms with E-state index in [0.717, 1.165) is 18.1 Å². The Kier molecular flexibility index (Phi) is 4.26. The molecule has 1 rings (SSSR count). The van der Waals surface area contributed by atoms with E-state index in [1.165, 1.54) is 0 Å². The number of carbonyl (C=O) groups excluding carboxylic acids is 1. The summed E-state index contributed by atoms with van der Waals surface area (Å²) >= 11 is 1.92. The lowest BCUT2D eigenvalue weighted by Crippen LogP contribution is -2.49. The van der Waals surface area contributed by atoms with Gasteiger partial charge in [0.2, 0.25) is 5.91 Å². The second-order valence-corrected chi connectivity index (χ2v) is 5.25. The van der Waals surface area contributed by atoms with Crippen LogP contribution in [0, 0.1) is 5.92 Å². The van der Waals surface area contributed by atoms with Crippen molar-refractivity contribution in [3.05, 3.63) is 0 Å². The zero-order chi connectivity index (χ0) is 10.7. The van der Waals surface area contributed by atoms with E-state index in [0.29, 0.717) is 6.04 Å². The zero-order valence-corrected chi connectivity index (χ0v) is 10.0. The van der Waals surface area contributed by atoms with E-state index >= 15 is 0 Å². The number of hydrogen-bond donors (Lipinski definition) is 1. The first kappa shape index (κ1) is 11.9. The SMILES string of the molecule is CC(N)C(C)C(=O)N1CCSCC1C. The van der Waals surface area contributed by atoms with Crippen molar-refractivity contribution in [1.29, 1.82) is 0 Å². The molecule has 1 heterocycles. The van der Waals surface area contributed by atoms with Crippen molar-refractivity contribution in [2.45, 2.75) is 32.9 Å². The molecule has 2 N–H and O–H groups in total. The molecule has 3 unspecified atom stereocenters. The summed E-state index contributed by atoms with van der Waals surface area (Å²) in [6.45, 7) is 6.80. The van der Waals surface area contributed by atoms with Crippen LogP contribution in [0.15, 0.2) is 0 Å². The van der Waals surface area contributed by atoms with E-state index in [1.807, 2.05) is 30.5 Å². The minimum absolute atomic E-state index is 0.0516. The minimum Gasteiger partial charge on any atom is -0.338 e. The first-order chi connectivity index (χ1) is 6.54. The monoisotopic (exact) mass is 216 g/mol. The fraction of sp³-hybridized carbons (Fsp3) is 0.900. The summed E-state index contributed by atoms with van der Waals surface area (Å²) in [6, 6.07) is 0.312. The summed E-state index contributed by atoms with van der Waals surface area (Å²) in [5.74, 6) is 2.27. The quantitative estimate of drug-likeness (QED) is 0.747. The molecule has 0 aromatic rings. The van der Waals surface area contributed by atoms with Crippen LogP contribution in [0.3, 0.4) is 0 Å². The molecule has 1 aliphatic rings. The van der Waals surface area contributed by atoms with Crippen molar-refractivity contribution in [1.82, 2.24) is 4.90 Å². The maximum atomic E-state index is 12.0. The highest BCUT2D eigenvalue weighted by Crippen LogP contribution is 2.18. The smallest absolute Gasteiger partial charge is 0.227 e. The topological polar surface area (TPSA) is 46.3 Å². The van der Waals surface area contributed by atoms with Crippen molar-refractivity contribution in [3.63, 3.8) is 0 Å². The van der Waals surface area contributed by atoms with Gasteiger partial charge in [-0.15, -0.1) is 0 Å². The Morgan fingerprint density at radius 2 is 2.21 bits per heavy atom. The number of hydrogen-bond acceptors (Lipinski definition) is 3. The van der Waals surface area contributed by atoms with Gasteiger partial charge in [-0.05, 0) is 13.8 Å². The van der Waals surface area contributed by atoms with Crippen molar-refractivity contribution in [3.8, 4) is 0 Å². The Bertz CT molecular complexity index is 208. The third-order valence-corrected chi connectivity index (χ3v) is 4.02. The van der Waals surface area contributed by atoms with Gasteiger partial charge < -0.3 is 10.6 Å². The molecule has 0 aromatic carbocycles. The number of carbonyl (C=O) groups is 1. The molecule has 0 saturated carbocycles.